The number of halogens is 6. The Morgan fingerprint density at radius 2 is 0.831 bits per heavy atom. The Morgan fingerprint density at radius 1 is 0.506 bits per heavy atom. The van der Waals surface area contributed by atoms with Crippen molar-refractivity contribution in [3.8, 4) is 17.2 Å². The van der Waals surface area contributed by atoms with Gasteiger partial charge in [0.15, 0.2) is 0 Å². The van der Waals surface area contributed by atoms with E-state index in [4.69, 9.17) is 110 Å². The number of methoxy groups -OCH3 is 3. The summed E-state index contributed by atoms with van der Waals surface area (Å²) in [5.41, 5.74) is 6.97. The number of ether oxygens (including phenoxy) is 3. The van der Waals surface area contributed by atoms with Gasteiger partial charge >= 0.3 is 0 Å². The molecule has 0 radical (unpaired) electrons. The lowest BCUT2D eigenvalue weighted by Crippen LogP contribution is -2.42. The Balaban J connectivity index is 0.000000412. The number of piperidine rings is 2. The van der Waals surface area contributed by atoms with Gasteiger partial charge in [0.25, 0.3) is 0 Å². The van der Waals surface area contributed by atoms with Gasteiger partial charge in [-0.1, -0.05) is 49.7 Å². The smallest absolute Gasteiger partial charge is 0.233 e. The standard InChI is InChI=1S/C20H30ClN7O3.C13H15Cl2N5O3.C10H7Cl3N4O.C7H16N2.C3H9NO2.2CH4/c1-27-8-6-15(7-9-27)28(2)20-25-18(24-19(26-20)23-14(11-29)12-30)22-13-4-5-17(31-3)16(21)10-13;1-23-10-3-2-7(4-9(10)14)16-12-18-11(15)19-13(20-12)17-8(5-21)6-22;1-18-7-3-2-5(4-6(7)11)14-10-16-8(12)15-9(13)17-10;1-8-7-3-5-9(2)6-4-7;4-3(1-5)2-6;;/h4-5,10,14-15,29-30H,6-9,11-12H2,1-3H3,(H2,22,23,24,25,26);2-4,8,21-22H,5-6H2,1H3,(H2,16,17,18,19,20);2-4H,1H3,(H,14,15,16,17);7-8H,3-6H2,1-2H3;3,5-6H,1-2,4H2;2*1H4. The first-order valence-electron chi connectivity index (χ1n) is 27.0. The molecule has 89 heavy (non-hydrogen) atoms. The number of aliphatic hydroxyl groups excluding tert-OH is 6. The van der Waals surface area contributed by atoms with Gasteiger partial charge in [0.05, 0.1) is 94.2 Å². The zero-order chi connectivity index (χ0) is 64.0. The van der Waals surface area contributed by atoms with E-state index in [-0.39, 0.29) is 94.1 Å². The summed E-state index contributed by atoms with van der Waals surface area (Å²) in [6.07, 6.45) is 4.64. The average Bonchev–Trinajstić information content (AvgIpc) is 1.89. The predicted octanol–water partition coefficient (Wildman–Crippen LogP) is 6.72. The fourth-order valence-corrected chi connectivity index (χ4v) is 8.98. The predicted molar refractivity (Wildman–Crippen MR) is 356 cm³/mol. The monoisotopic (exact) mass is 1370 g/mol. The molecule has 2 saturated heterocycles. The average molecular weight is 1370 g/mol. The van der Waals surface area contributed by atoms with Gasteiger partial charge < -0.3 is 97.2 Å². The van der Waals surface area contributed by atoms with Crippen LogP contribution in [0.4, 0.5) is 52.8 Å². The van der Waals surface area contributed by atoms with E-state index >= 15 is 0 Å². The van der Waals surface area contributed by atoms with Gasteiger partial charge in [-0.05, 0) is 162 Å². The first-order chi connectivity index (χ1) is 41.7. The van der Waals surface area contributed by atoms with Crippen molar-refractivity contribution in [1.29, 1.82) is 0 Å². The molecule has 0 spiro atoms. The third-order valence-corrected chi connectivity index (χ3v) is 14.1. The Morgan fingerprint density at radius 3 is 1.17 bits per heavy atom. The number of hydrogen-bond donors (Lipinski definition) is 13. The topological polar surface area (TPSA) is 373 Å². The highest BCUT2D eigenvalue weighted by atomic mass is 35.5. The first kappa shape index (κ1) is 79.3. The van der Waals surface area contributed by atoms with Crippen molar-refractivity contribution in [3.63, 3.8) is 0 Å². The normalized spacial score (nSPS) is 13.3. The number of rotatable bonds is 22. The summed E-state index contributed by atoms with van der Waals surface area (Å²) in [6.45, 7) is 3.19. The van der Waals surface area contributed by atoms with E-state index in [1.165, 1.54) is 33.0 Å². The highest BCUT2D eigenvalue weighted by Crippen LogP contribution is 2.32. The van der Waals surface area contributed by atoms with Crippen molar-refractivity contribution in [3.05, 3.63) is 85.5 Å². The number of anilines is 9. The van der Waals surface area contributed by atoms with Crippen molar-refractivity contribution in [2.45, 2.75) is 70.7 Å². The number of benzene rings is 3. The van der Waals surface area contributed by atoms with E-state index in [2.05, 4.69) is 113 Å². The maximum atomic E-state index is 9.43. The second-order valence-corrected chi connectivity index (χ2v) is 21.4. The molecule has 0 bridgehead atoms. The van der Waals surface area contributed by atoms with Gasteiger partial charge in [0, 0.05) is 36.2 Å². The zero-order valence-corrected chi connectivity index (χ0v) is 53.6. The van der Waals surface area contributed by atoms with Crippen LogP contribution in [-0.2, 0) is 0 Å². The SMILES string of the molecule is C.C.CNC1CCN(C)CC1.COc1ccc(Nc2nc(Cl)nc(Cl)n2)cc1Cl.COc1ccc(Nc2nc(Cl)nc(NC(CO)CO)n2)cc1Cl.COc1ccc(Nc2nc(NC(CO)CO)nc(N(C)C3CCN(C)CC3)n2)cc1Cl.NC(CO)CO. The molecule has 3 aromatic heterocycles. The number of aliphatic hydroxyl groups is 6. The van der Waals surface area contributed by atoms with Gasteiger partial charge in [0.1, 0.15) is 17.2 Å². The summed E-state index contributed by atoms with van der Waals surface area (Å²) >= 11 is 35.4. The van der Waals surface area contributed by atoms with E-state index in [0.29, 0.717) is 67.3 Å². The van der Waals surface area contributed by atoms with Gasteiger partial charge in [-0.3, -0.25) is 0 Å². The molecule has 3 aromatic carbocycles. The molecule has 6 aromatic rings. The van der Waals surface area contributed by atoms with Crippen LogP contribution in [0.1, 0.15) is 40.5 Å². The quantitative estimate of drug-likeness (QED) is 0.0335. The number of hydrogen-bond acceptors (Lipinski definition) is 28. The third-order valence-electron chi connectivity index (χ3n) is 12.7. The van der Waals surface area contributed by atoms with Crippen molar-refractivity contribution < 1.29 is 44.8 Å². The third kappa shape index (κ3) is 28.1. The van der Waals surface area contributed by atoms with E-state index in [1.54, 1.807) is 62.8 Å². The van der Waals surface area contributed by atoms with Crippen molar-refractivity contribution >= 4 is 122 Å². The van der Waals surface area contributed by atoms with Crippen LogP contribution in [0.15, 0.2) is 54.6 Å². The summed E-state index contributed by atoms with van der Waals surface area (Å²) in [6, 6.07) is 15.0. The van der Waals surface area contributed by atoms with Crippen LogP contribution in [0.25, 0.3) is 0 Å². The lowest BCUT2D eigenvalue weighted by atomic mass is 10.0. The molecule has 496 valence electrons. The summed E-state index contributed by atoms with van der Waals surface area (Å²) in [5.74, 6) is 3.33. The summed E-state index contributed by atoms with van der Waals surface area (Å²) in [7, 11) is 13.0. The molecule has 28 nitrogen and oxygen atoms in total. The van der Waals surface area contributed by atoms with Gasteiger partial charge in [-0.2, -0.15) is 44.9 Å². The minimum atomic E-state index is -0.600. The molecule has 0 saturated carbocycles. The zero-order valence-electron chi connectivity index (χ0n) is 49.1. The fourth-order valence-electron chi connectivity index (χ4n) is 7.68. The molecule has 8 rings (SSSR count). The van der Waals surface area contributed by atoms with E-state index in [1.807, 2.05) is 13.1 Å². The Bertz CT molecular complexity index is 2950. The lowest BCUT2D eigenvalue weighted by Gasteiger charge is -2.35. The summed E-state index contributed by atoms with van der Waals surface area (Å²) in [4.78, 5) is 43.6. The summed E-state index contributed by atoms with van der Waals surface area (Å²) in [5, 5.41) is 72.4. The molecule has 0 amide bonds. The van der Waals surface area contributed by atoms with Crippen LogP contribution in [0.5, 0.6) is 17.2 Å². The highest BCUT2D eigenvalue weighted by Gasteiger charge is 2.24. The highest BCUT2D eigenvalue weighted by molar-refractivity contribution is 6.33. The second kappa shape index (κ2) is 42.3. The molecule has 0 unspecified atom stereocenters. The fraction of sp³-hybridized carbons (Fsp3) is 0.509. The molecular weight excluding hydrogens is 1280 g/mol. The second-order valence-electron chi connectivity index (χ2n) is 19.2. The molecule has 0 atom stereocenters. The molecule has 5 heterocycles. The molecule has 2 aliphatic heterocycles. The number of likely N-dealkylation sites (tertiary alicyclic amines) is 2. The van der Waals surface area contributed by atoms with Crippen LogP contribution in [0.3, 0.4) is 0 Å². The van der Waals surface area contributed by atoms with Crippen molar-refractivity contribution in [1.82, 2.24) is 60.0 Å². The van der Waals surface area contributed by atoms with Crippen LogP contribution in [0, 0.1) is 0 Å². The Hall–Kier alpha value is -5.77. The minimum Gasteiger partial charge on any atom is -0.495 e. The largest absolute Gasteiger partial charge is 0.495 e. The first-order valence-corrected chi connectivity index (χ1v) is 29.2. The van der Waals surface area contributed by atoms with Gasteiger partial charge in [0.2, 0.25) is 51.5 Å². The molecule has 14 N–H and O–H groups in total. The van der Waals surface area contributed by atoms with Crippen LogP contribution in [-0.4, -0.2) is 231 Å². The van der Waals surface area contributed by atoms with Gasteiger partial charge in [-0.15, -0.1) is 0 Å². The van der Waals surface area contributed by atoms with E-state index in [0.717, 1.165) is 32.0 Å². The Labute approximate surface area is 550 Å². The number of nitrogens with zero attached hydrogens (tertiary/aromatic N) is 12. The molecule has 34 heteroatoms. The van der Waals surface area contributed by atoms with Crippen molar-refractivity contribution in [2.75, 3.05) is 147 Å². The minimum absolute atomic E-state index is 0. The number of nitrogens with one attached hydrogen (secondary N) is 6. The number of aromatic nitrogens is 9. The van der Waals surface area contributed by atoms with Crippen LogP contribution >= 0.6 is 69.6 Å². The van der Waals surface area contributed by atoms with E-state index in [9.17, 15) is 10.2 Å². The van der Waals surface area contributed by atoms with Crippen molar-refractivity contribution in [2.24, 2.45) is 5.73 Å². The van der Waals surface area contributed by atoms with Crippen LogP contribution < -0.4 is 56.7 Å². The lowest BCUT2D eigenvalue weighted by molar-refractivity contribution is 0.194. The maximum Gasteiger partial charge on any atom is 0.233 e. The molecule has 0 aliphatic carbocycles. The van der Waals surface area contributed by atoms with Gasteiger partial charge in [-0.25, -0.2) is 0 Å². The molecular formula is C55H85Cl6N19O9. The summed E-state index contributed by atoms with van der Waals surface area (Å²) < 4.78 is 15.3. The Kier molecular flexibility index (Phi) is 37.7. The maximum absolute atomic E-state index is 9.43. The number of nitrogens with two attached hydrogens (primary N) is 1. The van der Waals surface area contributed by atoms with E-state index < -0.39 is 18.1 Å². The van der Waals surface area contributed by atoms with Crippen LogP contribution in [0.2, 0.25) is 30.9 Å². The molecule has 2 aliphatic rings. The molecule has 2 fully saturated rings.